The number of carbonyl (C=O) groups excluding carboxylic acids is 8. The van der Waals surface area contributed by atoms with Gasteiger partial charge in [-0.15, -0.1) is 0 Å². The summed E-state index contributed by atoms with van der Waals surface area (Å²) >= 11 is 0. The van der Waals surface area contributed by atoms with Crippen molar-refractivity contribution in [3.8, 4) is 0 Å². The minimum Gasteiger partial charge on any atom is -0.480 e. The molecular weight excluding hydrogens is 1530 g/mol. The number of nitrogens with zero attached hydrogens (tertiary/aromatic N) is 4. The molecule has 8 amide bonds. The molecule has 2 unspecified atom stereocenters. The third kappa shape index (κ3) is 15.0. The number of benzene rings is 12. The number of carboxylic acids is 4. The number of hydrogen-bond donors (Lipinski definition) is 4. The molecule has 0 aromatic heterocycles. The van der Waals surface area contributed by atoms with E-state index in [0.29, 0.717) is 0 Å². The van der Waals surface area contributed by atoms with Crippen LogP contribution in [0.15, 0.2) is 267 Å². The Labute approximate surface area is 630 Å². The zero-order chi connectivity index (χ0) is 73.0. The van der Waals surface area contributed by atoms with Gasteiger partial charge in [0.1, 0.15) is 24.2 Å². The van der Waals surface area contributed by atoms with Crippen molar-refractivity contribution in [3.63, 3.8) is 0 Å². The molecule has 106 heavy (non-hydrogen) atoms. The van der Waals surface area contributed by atoms with Gasteiger partial charge in [-0.25, -0.2) is 19.2 Å². The molecule has 530 valence electrons. The molecule has 2 radical (unpaired) electrons. The minimum absolute atomic E-state index is 0. The first-order valence-corrected chi connectivity index (χ1v) is 32.9. The number of aliphatic carboxylic acids is 4. The van der Waals surface area contributed by atoms with Crippen LogP contribution in [0.4, 0.5) is 0 Å². The molecule has 22 heteroatoms. The minimum atomic E-state index is -1.24. The molecule has 4 N–H and O–H groups in total. The zero-order valence-electron chi connectivity index (χ0n) is 55.7. The molecule has 16 rings (SSSR count). The maximum Gasteiger partial charge on any atom is 0.327 e. The van der Waals surface area contributed by atoms with E-state index in [4.69, 9.17) is 0 Å². The third-order valence-electron chi connectivity index (χ3n) is 18.6. The Morgan fingerprint density at radius 1 is 0.217 bits per heavy atom. The Kier molecular flexibility index (Phi) is 22.5. The van der Waals surface area contributed by atoms with Crippen LogP contribution in [-0.4, -0.2) is 135 Å². The first kappa shape index (κ1) is 74.6. The third-order valence-corrected chi connectivity index (χ3v) is 18.6. The molecule has 0 spiro atoms. The molecule has 0 saturated heterocycles. The molecule has 0 saturated carbocycles. The van der Waals surface area contributed by atoms with E-state index in [2.05, 4.69) is 0 Å². The number of amides is 8. The Morgan fingerprint density at radius 3 is 0.462 bits per heavy atom. The van der Waals surface area contributed by atoms with Gasteiger partial charge in [0, 0.05) is 64.6 Å². The average Bonchev–Trinajstić information content (AvgIpc) is 1.63. The maximum atomic E-state index is 12.8. The van der Waals surface area contributed by atoms with E-state index in [9.17, 15) is 78.0 Å². The summed E-state index contributed by atoms with van der Waals surface area (Å²) in [6.07, 6.45) is 0.282. The van der Waals surface area contributed by atoms with E-state index in [1.54, 1.807) is 146 Å². The second kappa shape index (κ2) is 31.9. The molecular formula is C84H60N4O16Rh2. The van der Waals surface area contributed by atoms with E-state index in [-0.39, 0.29) is 109 Å². The molecule has 12 aromatic carbocycles. The monoisotopic (exact) mass is 1590 g/mol. The van der Waals surface area contributed by atoms with E-state index >= 15 is 0 Å². The standard InChI is InChI=1S/4C21H15NO4.2Rh/c4*23-19-16-11-14-8-4-5-9-15(14)12-17(16)20(24)22(19)18(21(25)26)10-13-6-2-1-3-7-13;;/h4*1-9,11-12,18H,10H2,(H,25,26);;/t2*18-;;;;/m00..../s1. The molecule has 0 bridgehead atoms. The van der Waals surface area contributed by atoms with Crippen molar-refractivity contribution in [3.05, 3.63) is 334 Å². The van der Waals surface area contributed by atoms with E-state index in [1.807, 2.05) is 121 Å². The summed E-state index contributed by atoms with van der Waals surface area (Å²) in [5, 5.41) is 45.3. The SMILES string of the molecule is O=C(O)C(Cc1ccccc1)N1C(=O)c2cc3ccccc3cc2C1=O.O=C(O)C(Cc1ccccc1)N1C(=O)c2cc3ccccc3cc2C1=O.O=C(O)[C@H](Cc1ccccc1)N1C(=O)c2cc3ccccc3cc2C1=O.O=C(O)[C@H](Cc1ccccc1)N1C(=O)c2cc3ccccc3cc2C1=O.[Rh].[Rh]. The van der Waals surface area contributed by atoms with Gasteiger partial charge in [0.05, 0.1) is 44.5 Å². The molecule has 0 fully saturated rings. The number of rotatable bonds is 16. The Bertz CT molecular complexity index is 4650. The number of carbonyl (C=O) groups is 12. The van der Waals surface area contributed by atoms with Crippen LogP contribution in [0.5, 0.6) is 0 Å². The molecule has 4 atom stereocenters. The molecule has 4 aliphatic heterocycles. The van der Waals surface area contributed by atoms with Crippen LogP contribution in [0.25, 0.3) is 43.1 Å². The van der Waals surface area contributed by atoms with Crippen LogP contribution >= 0.6 is 0 Å². The van der Waals surface area contributed by atoms with Gasteiger partial charge in [0.2, 0.25) is 0 Å². The predicted octanol–water partition coefficient (Wildman–Crippen LogP) is 12.5. The number of carboxylic acid groups (broad SMARTS) is 4. The topological polar surface area (TPSA) is 299 Å². The van der Waals surface area contributed by atoms with Gasteiger partial charge in [0.25, 0.3) is 47.3 Å². The van der Waals surface area contributed by atoms with Gasteiger partial charge in [-0.2, -0.15) is 0 Å². The summed E-state index contributed by atoms with van der Waals surface area (Å²) in [7, 11) is 0. The van der Waals surface area contributed by atoms with Gasteiger partial charge in [0.15, 0.2) is 0 Å². The zero-order valence-corrected chi connectivity index (χ0v) is 59.0. The fourth-order valence-corrected chi connectivity index (χ4v) is 13.4. The smallest absolute Gasteiger partial charge is 0.327 e. The summed E-state index contributed by atoms with van der Waals surface area (Å²) in [5.41, 5.74) is 5.07. The second-order valence-corrected chi connectivity index (χ2v) is 25.1. The maximum absolute atomic E-state index is 12.8. The average molecular weight is 1590 g/mol. The van der Waals surface area contributed by atoms with Gasteiger partial charge in [-0.1, -0.05) is 218 Å². The Morgan fingerprint density at radius 2 is 0.340 bits per heavy atom. The summed E-state index contributed by atoms with van der Waals surface area (Å²) in [5.74, 6) is -9.26. The van der Waals surface area contributed by atoms with Crippen molar-refractivity contribution in [1.29, 1.82) is 0 Å². The second-order valence-electron chi connectivity index (χ2n) is 25.1. The Balaban J connectivity index is 0.000000140. The quantitative estimate of drug-likeness (QED) is 0.0516. The fourth-order valence-electron chi connectivity index (χ4n) is 13.4. The van der Waals surface area contributed by atoms with Crippen LogP contribution in [-0.2, 0) is 83.8 Å². The summed E-state index contributed by atoms with van der Waals surface area (Å²) in [6.45, 7) is 0. The first-order chi connectivity index (χ1) is 50.2. The summed E-state index contributed by atoms with van der Waals surface area (Å²) < 4.78 is 0. The normalized spacial score (nSPS) is 14.3. The van der Waals surface area contributed by atoms with E-state index < -0.39 is 95.3 Å². The number of fused-ring (bicyclic) bond motifs is 8. The van der Waals surface area contributed by atoms with Crippen molar-refractivity contribution in [2.75, 3.05) is 0 Å². The van der Waals surface area contributed by atoms with Crippen molar-refractivity contribution < 1.29 is 117 Å². The summed E-state index contributed by atoms with van der Waals surface area (Å²) in [4.78, 5) is 153. The van der Waals surface area contributed by atoms with Crippen LogP contribution in [0.2, 0.25) is 0 Å². The van der Waals surface area contributed by atoms with Crippen LogP contribution in [0, 0.1) is 0 Å². The molecule has 12 aromatic rings. The van der Waals surface area contributed by atoms with Crippen molar-refractivity contribution in [2.24, 2.45) is 0 Å². The number of imide groups is 4. The van der Waals surface area contributed by atoms with Crippen molar-refractivity contribution >= 4 is 114 Å². The fraction of sp³-hybridized carbons (Fsp3) is 0.0952. The predicted molar refractivity (Wildman–Crippen MR) is 384 cm³/mol. The summed E-state index contributed by atoms with van der Waals surface area (Å²) in [6, 6.07) is 73.9. The Hall–Kier alpha value is -12.6. The van der Waals surface area contributed by atoms with Crippen molar-refractivity contribution in [1.82, 2.24) is 19.6 Å². The van der Waals surface area contributed by atoms with Gasteiger partial charge in [-0.3, -0.25) is 58.0 Å². The molecule has 20 nitrogen and oxygen atoms in total. The van der Waals surface area contributed by atoms with Crippen LogP contribution in [0.3, 0.4) is 0 Å². The molecule has 0 aliphatic carbocycles. The van der Waals surface area contributed by atoms with Crippen LogP contribution < -0.4 is 0 Å². The van der Waals surface area contributed by atoms with Crippen molar-refractivity contribution in [2.45, 2.75) is 49.9 Å². The molecule has 4 aliphatic rings. The van der Waals surface area contributed by atoms with Crippen LogP contribution in [0.1, 0.15) is 105 Å². The van der Waals surface area contributed by atoms with Gasteiger partial charge in [-0.05, 0) is 114 Å². The number of hydrogen-bond acceptors (Lipinski definition) is 12. The van der Waals surface area contributed by atoms with E-state index in [0.717, 1.165) is 84.9 Å². The largest absolute Gasteiger partial charge is 0.480 e. The first-order valence-electron chi connectivity index (χ1n) is 32.9. The van der Waals surface area contributed by atoms with Gasteiger partial charge < -0.3 is 20.4 Å². The van der Waals surface area contributed by atoms with E-state index in [1.165, 1.54) is 0 Å². The molecule has 4 heterocycles. The van der Waals surface area contributed by atoms with Gasteiger partial charge >= 0.3 is 23.9 Å².